The summed E-state index contributed by atoms with van der Waals surface area (Å²) in [6.45, 7) is 5.58. The summed E-state index contributed by atoms with van der Waals surface area (Å²) in [5, 5.41) is 9.06. The lowest BCUT2D eigenvalue weighted by atomic mass is 10.2. The van der Waals surface area contributed by atoms with Crippen molar-refractivity contribution in [3.05, 3.63) is 53.6 Å². The Morgan fingerprint density at radius 1 is 1.04 bits per heavy atom. The van der Waals surface area contributed by atoms with Crippen LogP contribution in [0.4, 0.5) is 5.95 Å². The molecule has 2 aromatic heterocycles. The van der Waals surface area contributed by atoms with Gasteiger partial charge in [-0.25, -0.2) is 9.97 Å². The second-order valence-electron chi connectivity index (χ2n) is 6.20. The number of hydrogen-bond donors (Lipinski definition) is 0. The maximum atomic E-state index is 6.04. The normalized spacial score (nSPS) is 16.6. The first-order valence-electron chi connectivity index (χ1n) is 8.56. The van der Waals surface area contributed by atoms with Crippen molar-refractivity contribution in [2.45, 2.75) is 13.0 Å². The molecule has 3 heterocycles. The molecule has 1 saturated heterocycles. The second kappa shape index (κ2) is 7.39. The summed E-state index contributed by atoms with van der Waals surface area (Å²) in [6, 6.07) is 9.30. The fraction of sp³-hybridized carbons (Fsp3) is 0.333. The zero-order valence-electron chi connectivity index (χ0n) is 14.4. The number of nitrogens with zero attached hydrogens (tertiary/aromatic N) is 6. The number of benzene rings is 1. The highest BCUT2D eigenvalue weighted by atomic mass is 35.5. The Kier molecular flexibility index (Phi) is 4.81. The van der Waals surface area contributed by atoms with Gasteiger partial charge in [-0.05, 0) is 31.2 Å². The Morgan fingerprint density at radius 3 is 2.54 bits per heavy atom. The molecule has 0 saturated carbocycles. The Bertz CT molecular complexity index is 863. The Balaban J connectivity index is 1.42. The molecule has 0 N–H and O–H groups in total. The standard InChI is InChI=1S/C18H19ClN6O/c1-13(16-22-23-17(26-16)14-4-2-5-15(19)12-14)24-8-10-25(11-9-24)18-20-6-3-7-21-18/h2-7,12-13H,8-11H2,1H3/t13-/m0/s1. The number of rotatable bonds is 4. The highest BCUT2D eigenvalue weighted by Gasteiger charge is 2.26. The lowest BCUT2D eigenvalue weighted by molar-refractivity contribution is 0.173. The molecule has 7 nitrogen and oxygen atoms in total. The predicted molar refractivity (Wildman–Crippen MR) is 99.0 cm³/mol. The van der Waals surface area contributed by atoms with Crippen molar-refractivity contribution in [3.8, 4) is 11.5 Å². The molecule has 1 aliphatic rings. The molecule has 1 aliphatic heterocycles. The van der Waals surface area contributed by atoms with Crippen molar-refractivity contribution >= 4 is 17.5 Å². The summed E-state index contributed by atoms with van der Waals surface area (Å²) in [6.07, 6.45) is 3.54. The third-order valence-electron chi connectivity index (χ3n) is 4.57. The SMILES string of the molecule is C[C@@H](c1nnc(-c2cccc(Cl)c2)o1)N1CCN(c2ncccn2)CC1. The van der Waals surface area contributed by atoms with Crippen LogP contribution < -0.4 is 4.90 Å². The maximum absolute atomic E-state index is 6.04. The number of halogens is 1. The van der Waals surface area contributed by atoms with Gasteiger partial charge in [0.15, 0.2) is 0 Å². The Hall–Kier alpha value is -2.51. The molecule has 8 heteroatoms. The van der Waals surface area contributed by atoms with E-state index >= 15 is 0 Å². The van der Waals surface area contributed by atoms with E-state index in [1.165, 1.54) is 0 Å². The van der Waals surface area contributed by atoms with Gasteiger partial charge in [-0.2, -0.15) is 0 Å². The smallest absolute Gasteiger partial charge is 0.247 e. The predicted octanol–water partition coefficient (Wildman–Crippen LogP) is 3.06. The lowest BCUT2D eigenvalue weighted by Crippen LogP contribution is -2.47. The van der Waals surface area contributed by atoms with E-state index in [1.807, 2.05) is 30.3 Å². The minimum absolute atomic E-state index is 0.0503. The van der Waals surface area contributed by atoms with E-state index in [9.17, 15) is 0 Å². The van der Waals surface area contributed by atoms with E-state index in [0.29, 0.717) is 16.8 Å². The largest absolute Gasteiger partial charge is 0.419 e. The molecule has 1 fully saturated rings. The van der Waals surface area contributed by atoms with Gasteiger partial charge in [-0.3, -0.25) is 4.90 Å². The van der Waals surface area contributed by atoms with Crippen molar-refractivity contribution in [2.75, 3.05) is 31.1 Å². The number of aromatic nitrogens is 4. The van der Waals surface area contributed by atoms with Crippen LogP contribution in [0, 0.1) is 0 Å². The van der Waals surface area contributed by atoms with Crippen LogP contribution in [-0.2, 0) is 0 Å². The number of anilines is 1. The van der Waals surface area contributed by atoms with Crippen LogP contribution in [0.5, 0.6) is 0 Å². The summed E-state index contributed by atoms with van der Waals surface area (Å²) in [5.41, 5.74) is 0.828. The molecular formula is C18H19ClN6O. The zero-order chi connectivity index (χ0) is 17.9. The first-order valence-corrected chi connectivity index (χ1v) is 8.94. The summed E-state index contributed by atoms with van der Waals surface area (Å²) in [4.78, 5) is 13.2. The minimum Gasteiger partial charge on any atom is -0.419 e. The number of piperazine rings is 1. The fourth-order valence-corrected chi connectivity index (χ4v) is 3.25. The average molecular weight is 371 g/mol. The Morgan fingerprint density at radius 2 is 1.81 bits per heavy atom. The van der Waals surface area contributed by atoms with Crippen molar-refractivity contribution in [3.63, 3.8) is 0 Å². The maximum Gasteiger partial charge on any atom is 0.247 e. The quantitative estimate of drug-likeness (QED) is 0.698. The van der Waals surface area contributed by atoms with Crippen LogP contribution in [0.3, 0.4) is 0 Å². The van der Waals surface area contributed by atoms with Crippen LogP contribution in [-0.4, -0.2) is 51.2 Å². The van der Waals surface area contributed by atoms with Gasteiger partial charge in [0.25, 0.3) is 0 Å². The molecule has 1 aromatic carbocycles. The average Bonchev–Trinajstić information content (AvgIpc) is 3.18. The van der Waals surface area contributed by atoms with Crippen LogP contribution >= 0.6 is 11.6 Å². The summed E-state index contributed by atoms with van der Waals surface area (Å²) in [7, 11) is 0. The molecule has 0 radical (unpaired) electrons. The van der Waals surface area contributed by atoms with Crippen molar-refractivity contribution < 1.29 is 4.42 Å². The lowest BCUT2D eigenvalue weighted by Gasteiger charge is -2.36. The topological polar surface area (TPSA) is 71.2 Å². The van der Waals surface area contributed by atoms with Crippen LogP contribution in [0.15, 0.2) is 47.1 Å². The Labute approximate surface area is 156 Å². The van der Waals surface area contributed by atoms with Crippen LogP contribution in [0.2, 0.25) is 5.02 Å². The molecule has 1 atom stereocenters. The van der Waals surface area contributed by atoms with Crippen LogP contribution in [0.1, 0.15) is 18.9 Å². The molecule has 0 spiro atoms. The molecule has 4 rings (SSSR count). The van der Waals surface area contributed by atoms with Gasteiger partial charge in [-0.15, -0.1) is 10.2 Å². The summed E-state index contributed by atoms with van der Waals surface area (Å²) in [5.74, 6) is 1.89. The third kappa shape index (κ3) is 3.54. The third-order valence-corrected chi connectivity index (χ3v) is 4.80. The van der Waals surface area contributed by atoms with E-state index in [2.05, 4.69) is 36.9 Å². The molecule has 0 aliphatic carbocycles. The van der Waals surface area contributed by atoms with E-state index < -0.39 is 0 Å². The van der Waals surface area contributed by atoms with Gasteiger partial charge in [0.05, 0.1) is 6.04 Å². The monoisotopic (exact) mass is 370 g/mol. The van der Waals surface area contributed by atoms with Gasteiger partial charge in [0.1, 0.15) is 0 Å². The van der Waals surface area contributed by atoms with Crippen molar-refractivity contribution in [2.24, 2.45) is 0 Å². The summed E-state index contributed by atoms with van der Waals surface area (Å²) >= 11 is 6.04. The van der Waals surface area contributed by atoms with E-state index in [4.69, 9.17) is 16.0 Å². The molecular weight excluding hydrogens is 352 g/mol. The van der Waals surface area contributed by atoms with Gasteiger partial charge >= 0.3 is 0 Å². The minimum atomic E-state index is 0.0503. The highest BCUT2D eigenvalue weighted by molar-refractivity contribution is 6.30. The molecule has 0 bridgehead atoms. The molecule has 0 unspecified atom stereocenters. The zero-order valence-corrected chi connectivity index (χ0v) is 15.2. The van der Waals surface area contributed by atoms with E-state index in [0.717, 1.165) is 37.7 Å². The van der Waals surface area contributed by atoms with Crippen molar-refractivity contribution in [1.29, 1.82) is 0 Å². The molecule has 3 aromatic rings. The first kappa shape index (κ1) is 16.9. The van der Waals surface area contributed by atoms with Gasteiger partial charge in [0.2, 0.25) is 17.7 Å². The number of hydrogen-bond acceptors (Lipinski definition) is 7. The summed E-state index contributed by atoms with van der Waals surface area (Å²) < 4.78 is 5.89. The highest BCUT2D eigenvalue weighted by Crippen LogP contribution is 2.26. The molecule has 134 valence electrons. The second-order valence-corrected chi connectivity index (χ2v) is 6.64. The van der Waals surface area contributed by atoms with Gasteiger partial charge < -0.3 is 9.32 Å². The first-order chi connectivity index (χ1) is 12.7. The van der Waals surface area contributed by atoms with Gasteiger partial charge in [-0.1, -0.05) is 17.7 Å². The van der Waals surface area contributed by atoms with E-state index in [1.54, 1.807) is 12.4 Å². The van der Waals surface area contributed by atoms with Crippen LogP contribution in [0.25, 0.3) is 11.5 Å². The van der Waals surface area contributed by atoms with E-state index in [-0.39, 0.29) is 6.04 Å². The van der Waals surface area contributed by atoms with Crippen molar-refractivity contribution in [1.82, 2.24) is 25.1 Å². The fourth-order valence-electron chi connectivity index (χ4n) is 3.06. The van der Waals surface area contributed by atoms with Gasteiger partial charge in [0, 0.05) is 49.2 Å². The molecule has 0 amide bonds. The molecule has 26 heavy (non-hydrogen) atoms.